The molecule has 0 aliphatic carbocycles. The summed E-state index contributed by atoms with van der Waals surface area (Å²) in [5.41, 5.74) is 0.632. The van der Waals surface area contributed by atoms with Crippen LogP contribution >= 0.6 is 11.8 Å². The van der Waals surface area contributed by atoms with Crippen LogP contribution in [0.1, 0.15) is 0 Å². The summed E-state index contributed by atoms with van der Waals surface area (Å²) in [5.74, 6) is 1.16. The number of nitrogens with one attached hydrogen (secondary N) is 1. The van der Waals surface area contributed by atoms with Gasteiger partial charge in [-0.1, -0.05) is 18.1 Å². The number of aliphatic carboxylic acids is 1. The number of hydrogen-bond acceptors (Lipinski definition) is 3. The zero-order valence-corrected chi connectivity index (χ0v) is 11.2. The monoisotopic (exact) mass is 278 g/mol. The lowest BCUT2D eigenvalue weighted by Crippen LogP contribution is -2.39. The number of hydrogen-bond donors (Lipinski definition) is 2. The molecule has 0 fully saturated rings. The average molecular weight is 278 g/mol. The summed E-state index contributed by atoms with van der Waals surface area (Å²) >= 11 is 1.49. The van der Waals surface area contributed by atoms with Crippen molar-refractivity contribution >= 4 is 29.4 Å². The van der Waals surface area contributed by atoms with Crippen molar-refractivity contribution in [2.45, 2.75) is 4.90 Å². The van der Waals surface area contributed by atoms with Crippen molar-refractivity contribution in [1.29, 1.82) is 0 Å². The van der Waals surface area contributed by atoms with Crippen LogP contribution in [0.15, 0.2) is 29.2 Å². The lowest BCUT2D eigenvalue weighted by Gasteiger charge is -2.19. The molecule has 0 spiro atoms. The molecule has 0 aromatic heterocycles. The summed E-state index contributed by atoms with van der Waals surface area (Å²) in [6.45, 7) is -0.489. The average Bonchev–Trinajstić information content (AvgIpc) is 2.38. The van der Waals surface area contributed by atoms with Gasteiger partial charge in [-0.2, -0.15) is 0 Å². The normalized spacial score (nSPS) is 9.47. The summed E-state index contributed by atoms with van der Waals surface area (Å²) in [5, 5.41) is 11.4. The van der Waals surface area contributed by atoms with Crippen LogP contribution < -0.4 is 5.32 Å². The standard InChI is InChI=1S/C13H14N2O3S/c1-3-8-15(9-12(16)17)13(18)14-10-6-4-5-7-11(10)19-2/h1,4-7H,8-9H2,2H3,(H,14,18)(H,16,17). The maximum Gasteiger partial charge on any atom is 0.323 e. The third-order valence-electron chi connectivity index (χ3n) is 2.24. The zero-order chi connectivity index (χ0) is 14.3. The van der Waals surface area contributed by atoms with Crippen LogP contribution in [0.4, 0.5) is 10.5 Å². The molecule has 2 amide bonds. The van der Waals surface area contributed by atoms with Crippen LogP contribution in [-0.2, 0) is 4.79 Å². The van der Waals surface area contributed by atoms with E-state index in [1.165, 1.54) is 11.8 Å². The lowest BCUT2D eigenvalue weighted by atomic mass is 10.3. The summed E-state index contributed by atoms with van der Waals surface area (Å²) < 4.78 is 0. The number of urea groups is 1. The molecule has 1 aromatic rings. The maximum atomic E-state index is 12.0. The van der Waals surface area contributed by atoms with Gasteiger partial charge in [-0.05, 0) is 18.4 Å². The van der Waals surface area contributed by atoms with E-state index in [4.69, 9.17) is 11.5 Å². The SMILES string of the molecule is C#CCN(CC(=O)O)C(=O)Nc1ccccc1SC. The second-order valence-corrected chi connectivity index (χ2v) is 4.43. The van der Waals surface area contributed by atoms with Gasteiger partial charge in [0.05, 0.1) is 12.2 Å². The predicted molar refractivity (Wildman–Crippen MR) is 75.3 cm³/mol. The van der Waals surface area contributed by atoms with Gasteiger partial charge in [-0.25, -0.2) is 4.79 Å². The van der Waals surface area contributed by atoms with E-state index < -0.39 is 18.5 Å². The number of para-hydroxylation sites is 1. The Balaban J connectivity index is 2.81. The van der Waals surface area contributed by atoms with Crippen LogP contribution in [-0.4, -0.2) is 41.4 Å². The summed E-state index contributed by atoms with van der Waals surface area (Å²) in [4.78, 5) is 24.6. The number of anilines is 1. The van der Waals surface area contributed by atoms with Gasteiger partial charge in [0.2, 0.25) is 0 Å². The zero-order valence-electron chi connectivity index (χ0n) is 10.4. The van der Waals surface area contributed by atoms with E-state index in [2.05, 4.69) is 11.2 Å². The van der Waals surface area contributed by atoms with E-state index in [1.54, 1.807) is 12.1 Å². The topological polar surface area (TPSA) is 69.6 Å². The van der Waals surface area contributed by atoms with Gasteiger partial charge in [0.1, 0.15) is 6.54 Å². The van der Waals surface area contributed by atoms with E-state index >= 15 is 0 Å². The van der Waals surface area contributed by atoms with Gasteiger partial charge in [0.25, 0.3) is 0 Å². The van der Waals surface area contributed by atoms with E-state index in [0.29, 0.717) is 5.69 Å². The number of carbonyl (C=O) groups is 2. The molecule has 0 radical (unpaired) electrons. The molecule has 0 saturated carbocycles. The number of benzene rings is 1. The smallest absolute Gasteiger partial charge is 0.323 e. The van der Waals surface area contributed by atoms with Crippen molar-refractivity contribution in [1.82, 2.24) is 4.90 Å². The summed E-state index contributed by atoms with van der Waals surface area (Å²) in [7, 11) is 0. The molecule has 0 unspecified atom stereocenters. The molecular weight excluding hydrogens is 264 g/mol. The minimum Gasteiger partial charge on any atom is -0.480 e. The Hall–Kier alpha value is -2.13. The van der Waals surface area contributed by atoms with Gasteiger partial charge in [0, 0.05) is 4.90 Å². The molecule has 0 heterocycles. The molecule has 0 bridgehead atoms. The number of amides is 2. The highest BCUT2D eigenvalue weighted by molar-refractivity contribution is 7.98. The van der Waals surface area contributed by atoms with Crippen molar-refractivity contribution in [3.63, 3.8) is 0 Å². The van der Waals surface area contributed by atoms with E-state index in [9.17, 15) is 9.59 Å². The Kier molecular flexibility index (Phi) is 5.76. The van der Waals surface area contributed by atoms with E-state index in [1.807, 2.05) is 18.4 Å². The fourth-order valence-electron chi connectivity index (χ4n) is 1.42. The Morgan fingerprint density at radius 2 is 2.16 bits per heavy atom. The van der Waals surface area contributed by atoms with E-state index in [-0.39, 0.29) is 6.54 Å². The van der Waals surface area contributed by atoms with Gasteiger partial charge >= 0.3 is 12.0 Å². The largest absolute Gasteiger partial charge is 0.480 e. The third kappa shape index (κ3) is 4.56. The Morgan fingerprint density at radius 1 is 1.47 bits per heavy atom. The number of carboxylic acids is 1. The van der Waals surface area contributed by atoms with Crippen LogP contribution in [0.2, 0.25) is 0 Å². The Labute approximate surface area is 116 Å². The van der Waals surface area contributed by atoms with Gasteiger partial charge < -0.3 is 15.3 Å². The molecule has 1 aromatic carbocycles. The van der Waals surface area contributed by atoms with Crippen LogP contribution in [0, 0.1) is 12.3 Å². The minimum atomic E-state index is -1.11. The number of carbonyl (C=O) groups excluding carboxylic acids is 1. The van der Waals surface area contributed by atoms with Gasteiger partial charge in [0.15, 0.2) is 0 Å². The van der Waals surface area contributed by atoms with Gasteiger partial charge in [-0.15, -0.1) is 18.2 Å². The van der Waals surface area contributed by atoms with Gasteiger partial charge in [-0.3, -0.25) is 4.79 Å². The molecule has 6 heteroatoms. The molecule has 0 saturated heterocycles. The molecule has 0 aliphatic rings. The first-order valence-electron chi connectivity index (χ1n) is 5.42. The summed E-state index contributed by atoms with van der Waals surface area (Å²) in [6, 6.07) is 6.74. The third-order valence-corrected chi connectivity index (χ3v) is 3.04. The van der Waals surface area contributed by atoms with Crippen molar-refractivity contribution in [3.05, 3.63) is 24.3 Å². The van der Waals surface area contributed by atoms with Crippen molar-refractivity contribution in [3.8, 4) is 12.3 Å². The number of rotatable bonds is 5. The minimum absolute atomic E-state index is 0.0560. The number of terminal acetylenes is 1. The fourth-order valence-corrected chi connectivity index (χ4v) is 1.97. The first-order chi connectivity index (χ1) is 9.08. The highest BCUT2D eigenvalue weighted by Gasteiger charge is 2.16. The second-order valence-electron chi connectivity index (χ2n) is 3.58. The van der Waals surface area contributed by atoms with E-state index in [0.717, 1.165) is 9.80 Å². The molecule has 1 rings (SSSR count). The molecule has 0 aliphatic heterocycles. The van der Waals surface area contributed by atoms with Crippen LogP contribution in [0.3, 0.4) is 0 Å². The Morgan fingerprint density at radius 3 is 2.74 bits per heavy atom. The highest BCUT2D eigenvalue weighted by atomic mass is 32.2. The first-order valence-corrected chi connectivity index (χ1v) is 6.65. The number of nitrogens with zero attached hydrogens (tertiary/aromatic N) is 1. The molecule has 0 atom stereocenters. The number of thioether (sulfide) groups is 1. The predicted octanol–water partition coefficient (Wildman–Crippen LogP) is 1.96. The molecule has 2 N–H and O–H groups in total. The molecule has 100 valence electrons. The van der Waals surface area contributed by atoms with Crippen LogP contribution in [0.5, 0.6) is 0 Å². The Bertz CT molecular complexity index is 511. The first kappa shape index (κ1) is 14.9. The molecule has 5 nitrogen and oxygen atoms in total. The lowest BCUT2D eigenvalue weighted by molar-refractivity contribution is -0.137. The number of carboxylic acid groups (broad SMARTS) is 1. The second kappa shape index (κ2) is 7.34. The fraction of sp³-hybridized carbons (Fsp3) is 0.231. The van der Waals surface area contributed by atoms with Crippen molar-refractivity contribution in [2.24, 2.45) is 0 Å². The molecular formula is C13H14N2O3S. The highest BCUT2D eigenvalue weighted by Crippen LogP contribution is 2.24. The quantitative estimate of drug-likeness (QED) is 0.638. The summed E-state index contributed by atoms with van der Waals surface area (Å²) in [6.07, 6.45) is 7.01. The van der Waals surface area contributed by atoms with Crippen molar-refractivity contribution in [2.75, 3.05) is 24.7 Å². The van der Waals surface area contributed by atoms with Crippen LogP contribution in [0.25, 0.3) is 0 Å². The molecule has 19 heavy (non-hydrogen) atoms. The van der Waals surface area contributed by atoms with Crippen molar-refractivity contribution < 1.29 is 14.7 Å². The maximum absolute atomic E-state index is 12.0.